The van der Waals surface area contributed by atoms with E-state index in [2.05, 4.69) is 32.7 Å². The lowest BCUT2D eigenvalue weighted by molar-refractivity contribution is 0.512. The molecular weight excluding hydrogens is 158 g/mol. The van der Waals surface area contributed by atoms with Crippen molar-refractivity contribution in [1.29, 1.82) is 0 Å². The first-order chi connectivity index (χ1) is 6.22. The zero-order valence-electron chi connectivity index (χ0n) is 9.53. The van der Waals surface area contributed by atoms with Gasteiger partial charge in [0.25, 0.3) is 0 Å². The summed E-state index contributed by atoms with van der Waals surface area (Å²) in [5.41, 5.74) is 1.28. The van der Waals surface area contributed by atoms with E-state index in [0.717, 1.165) is 6.54 Å². The number of rotatable bonds is 8. The Morgan fingerprint density at radius 3 is 2.38 bits per heavy atom. The Labute approximate surface area is 83.6 Å². The molecule has 78 valence electrons. The summed E-state index contributed by atoms with van der Waals surface area (Å²) in [5.74, 6) is 0. The summed E-state index contributed by atoms with van der Waals surface area (Å²) >= 11 is 0. The van der Waals surface area contributed by atoms with Crippen molar-refractivity contribution in [3.63, 3.8) is 0 Å². The summed E-state index contributed by atoms with van der Waals surface area (Å²) in [6.07, 6.45) is 6.64. The van der Waals surface area contributed by atoms with Crippen LogP contribution in [0.15, 0.2) is 12.2 Å². The summed E-state index contributed by atoms with van der Waals surface area (Å²) in [4.78, 5) is 0. The van der Waals surface area contributed by atoms with Crippen LogP contribution in [0.1, 0.15) is 52.9 Å². The van der Waals surface area contributed by atoms with E-state index in [1.807, 2.05) is 0 Å². The Morgan fingerprint density at radius 1 is 1.23 bits per heavy atom. The molecule has 0 aromatic heterocycles. The maximum atomic E-state index is 4.01. The van der Waals surface area contributed by atoms with Gasteiger partial charge in [-0.1, -0.05) is 51.7 Å². The smallest absolute Gasteiger partial charge is 0.0273 e. The highest BCUT2D eigenvalue weighted by atomic mass is 14.9. The molecule has 0 aliphatic rings. The Hall–Kier alpha value is -0.300. The molecule has 1 heteroatoms. The summed E-state index contributed by atoms with van der Waals surface area (Å²) in [6, 6.07) is 0.543. The molecule has 0 bridgehead atoms. The van der Waals surface area contributed by atoms with Gasteiger partial charge in [0, 0.05) is 6.04 Å². The standard InChI is InChI=1S/C12H25N/c1-5-7-8-9-10-12(11(3)4)13-6-2/h12-13H,3,5-10H2,1-2,4H3. The molecule has 0 aliphatic heterocycles. The van der Waals surface area contributed by atoms with Crippen LogP contribution in [-0.4, -0.2) is 12.6 Å². The lowest BCUT2D eigenvalue weighted by Crippen LogP contribution is -2.29. The molecule has 1 N–H and O–H groups in total. The van der Waals surface area contributed by atoms with Gasteiger partial charge in [-0.3, -0.25) is 0 Å². The molecule has 1 unspecified atom stereocenters. The molecule has 0 radical (unpaired) electrons. The fourth-order valence-electron chi connectivity index (χ4n) is 1.54. The molecule has 0 rings (SSSR count). The largest absolute Gasteiger partial charge is 0.311 e. The van der Waals surface area contributed by atoms with Crippen molar-refractivity contribution in [2.75, 3.05) is 6.54 Å². The molecule has 0 amide bonds. The maximum Gasteiger partial charge on any atom is 0.0273 e. The second kappa shape index (κ2) is 8.31. The topological polar surface area (TPSA) is 12.0 Å². The van der Waals surface area contributed by atoms with Crippen LogP contribution in [0.25, 0.3) is 0 Å². The monoisotopic (exact) mass is 183 g/mol. The maximum absolute atomic E-state index is 4.01. The van der Waals surface area contributed by atoms with Crippen LogP contribution in [0.4, 0.5) is 0 Å². The normalized spacial score (nSPS) is 12.8. The van der Waals surface area contributed by atoms with E-state index in [0.29, 0.717) is 6.04 Å². The predicted octanol–water partition coefficient (Wildman–Crippen LogP) is 3.51. The minimum atomic E-state index is 0.543. The van der Waals surface area contributed by atoms with Crippen LogP contribution in [0.3, 0.4) is 0 Å². The van der Waals surface area contributed by atoms with E-state index in [1.165, 1.54) is 37.7 Å². The first-order valence-corrected chi connectivity index (χ1v) is 5.61. The molecule has 0 saturated heterocycles. The molecule has 0 aromatic rings. The van der Waals surface area contributed by atoms with Crippen LogP contribution in [-0.2, 0) is 0 Å². The number of nitrogens with one attached hydrogen (secondary N) is 1. The third-order valence-corrected chi connectivity index (χ3v) is 2.39. The highest BCUT2D eigenvalue weighted by Gasteiger charge is 2.06. The number of unbranched alkanes of at least 4 members (excludes halogenated alkanes) is 3. The van der Waals surface area contributed by atoms with Gasteiger partial charge in [0.15, 0.2) is 0 Å². The molecule has 13 heavy (non-hydrogen) atoms. The van der Waals surface area contributed by atoms with E-state index in [-0.39, 0.29) is 0 Å². The average molecular weight is 183 g/mol. The molecule has 1 atom stereocenters. The van der Waals surface area contributed by atoms with E-state index < -0.39 is 0 Å². The van der Waals surface area contributed by atoms with Gasteiger partial charge in [0.1, 0.15) is 0 Å². The van der Waals surface area contributed by atoms with E-state index in [9.17, 15) is 0 Å². The van der Waals surface area contributed by atoms with Gasteiger partial charge in [-0.15, -0.1) is 0 Å². The predicted molar refractivity (Wildman–Crippen MR) is 61.0 cm³/mol. The fraction of sp³-hybridized carbons (Fsp3) is 0.833. The van der Waals surface area contributed by atoms with Crippen LogP contribution >= 0.6 is 0 Å². The highest BCUT2D eigenvalue weighted by Crippen LogP contribution is 2.10. The Balaban J connectivity index is 3.51. The van der Waals surface area contributed by atoms with Crippen molar-refractivity contribution in [3.05, 3.63) is 12.2 Å². The number of likely N-dealkylation sites (N-methyl/N-ethyl adjacent to an activating group) is 1. The molecule has 0 saturated carbocycles. The molecule has 0 aliphatic carbocycles. The second-order valence-electron chi connectivity index (χ2n) is 3.81. The molecule has 0 heterocycles. The first-order valence-electron chi connectivity index (χ1n) is 5.61. The van der Waals surface area contributed by atoms with Crippen molar-refractivity contribution >= 4 is 0 Å². The third-order valence-electron chi connectivity index (χ3n) is 2.39. The van der Waals surface area contributed by atoms with Crippen LogP contribution in [0.5, 0.6) is 0 Å². The minimum Gasteiger partial charge on any atom is -0.311 e. The number of hydrogen-bond donors (Lipinski definition) is 1. The van der Waals surface area contributed by atoms with Crippen molar-refractivity contribution in [2.45, 2.75) is 58.9 Å². The Kier molecular flexibility index (Phi) is 8.11. The van der Waals surface area contributed by atoms with E-state index in [1.54, 1.807) is 0 Å². The van der Waals surface area contributed by atoms with Gasteiger partial charge in [0.05, 0.1) is 0 Å². The molecule has 0 spiro atoms. The van der Waals surface area contributed by atoms with Crippen LogP contribution in [0, 0.1) is 0 Å². The van der Waals surface area contributed by atoms with Crippen molar-refractivity contribution < 1.29 is 0 Å². The van der Waals surface area contributed by atoms with Crippen molar-refractivity contribution in [2.24, 2.45) is 0 Å². The molecule has 0 aromatic carbocycles. The van der Waals surface area contributed by atoms with E-state index >= 15 is 0 Å². The lowest BCUT2D eigenvalue weighted by Gasteiger charge is -2.17. The summed E-state index contributed by atoms with van der Waals surface area (Å²) in [5, 5.41) is 3.46. The average Bonchev–Trinajstić information content (AvgIpc) is 2.10. The Morgan fingerprint density at radius 2 is 1.92 bits per heavy atom. The van der Waals surface area contributed by atoms with Gasteiger partial charge < -0.3 is 5.32 Å². The van der Waals surface area contributed by atoms with Gasteiger partial charge >= 0.3 is 0 Å². The Bertz CT molecular complexity index is 129. The van der Waals surface area contributed by atoms with Crippen LogP contribution in [0.2, 0.25) is 0 Å². The van der Waals surface area contributed by atoms with Gasteiger partial charge in [-0.2, -0.15) is 0 Å². The zero-order valence-corrected chi connectivity index (χ0v) is 9.53. The molecule has 1 nitrogen and oxygen atoms in total. The molecular formula is C12H25N. The second-order valence-corrected chi connectivity index (χ2v) is 3.81. The zero-order chi connectivity index (χ0) is 10.1. The SMILES string of the molecule is C=C(C)C(CCCCCC)NCC. The number of hydrogen-bond acceptors (Lipinski definition) is 1. The minimum absolute atomic E-state index is 0.543. The van der Waals surface area contributed by atoms with Gasteiger partial charge in [-0.05, 0) is 19.9 Å². The van der Waals surface area contributed by atoms with Crippen molar-refractivity contribution in [1.82, 2.24) is 5.32 Å². The quantitative estimate of drug-likeness (QED) is 0.448. The van der Waals surface area contributed by atoms with E-state index in [4.69, 9.17) is 0 Å². The van der Waals surface area contributed by atoms with Gasteiger partial charge in [-0.25, -0.2) is 0 Å². The molecule has 0 fully saturated rings. The summed E-state index contributed by atoms with van der Waals surface area (Å²) in [7, 11) is 0. The third kappa shape index (κ3) is 6.83. The summed E-state index contributed by atoms with van der Waals surface area (Å²) in [6.45, 7) is 11.6. The summed E-state index contributed by atoms with van der Waals surface area (Å²) < 4.78 is 0. The fourth-order valence-corrected chi connectivity index (χ4v) is 1.54. The van der Waals surface area contributed by atoms with Gasteiger partial charge in [0.2, 0.25) is 0 Å². The first kappa shape index (κ1) is 12.7. The lowest BCUT2D eigenvalue weighted by atomic mass is 10.0. The van der Waals surface area contributed by atoms with Crippen LogP contribution < -0.4 is 5.32 Å². The highest BCUT2D eigenvalue weighted by molar-refractivity contribution is 5.00. The van der Waals surface area contributed by atoms with Crippen molar-refractivity contribution in [3.8, 4) is 0 Å².